The van der Waals surface area contributed by atoms with Crippen LogP contribution in [0.3, 0.4) is 0 Å². The largest absolute Gasteiger partial charge is 0.495 e. The maximum Gasteiger partial charge on any atom is 0.255 e. The molecule has 9 nitrogen and oxygen atoms in total. The molecule has 11 heteroatoms. The molecular weight excluding hydrogens is 541 g/mol. The molecule has 1 amide bonds. The van der Waals surface area contributed by atoms with E-state index in [0.29, 0.717) is 56.8 Å². The highest BCUT2D eigenvalue weighted by atomic mass is 35.5. The molecule has 200 valence electrons. The molecule has 1 atom stereocenters. The Morgan fingerprint density at radius 3 is 2.59 bits per heavy atom. The van der Waals surface area contributed by atoms with E-state index in [0.717, 1.165) is 11.1 Å². The Balaban J connectivity index is 1.49. The molecule has 39 heavy (non-hydrogen) atoms. The smallest absolute Gasteiger partial charge is 0.255 e. The summed E-state index contributed by atoms with van der Waals surface area (Å²) >= 11 is 12.5. The average Bonchev–Trinajstić information content (AvgIpc) is 3.40. The van der Waals surface area contributed by atoms with Gasteiger partial charge in [-0.1, -0.05) is 53.5 Å². The van der Waals surface area contributed by atoms with E-state index in [4.69, 9.17) is 37.4 Å². The molecule has 5 rings (SSSR count). The standard InChI is InChI=1S/C28H25Cl2N5O4/c1-16-25(27(36)34-22-13-23(37-2)21(30)12-24(22)38-3)26(35-28(33-16)31-15-32-35)17-8-6-9-19(11-17)39-14-18-7-4-5-10-20(18)29/h4-13,15,26H,14H2,1-3H3,(H,34,36)(H,31,32,33)/t26-/m0/s1. The van der Waals surface area contributed by atoms with Crippen molar-refractivity contribution < 1.29 is 19.0 Å². The summed E-state index contributed by atoms with van der Waals surface area (Å²) in [5.41, 5.74) is 3.12. The van der Waals surface area contributed by atoms with Gasteiger partial charge in [0.1, 0.15) is 36.2 Å². The van der Waals surface area contributed by atoms with E-state index in [-0.39, 0.29) is 5.91 Å². The quantitative estimate of drug-likeness (QED) is 0.266. The van der Waals surface area contributed by atoms with Gasteiger partial charge in [0.05, 0.1) is 30.5 Å². The normalized spacial score (nSPS) is 14.3. The summed E-state index contributed by atoms with van der Waals surface area (Å²) in [6.45, 7) is 2.11. The highest BCUT2D eigenvalue weighted by Gasteiger charge is 2.34. The van der Waals surface area contributed by atoms with Crippen molar-refractivity contribution >= 4 is 40.7 Å². The number of carbonyl (C=O) groups is 1. The number of hydrogen-bond donors (Lipinski definition) is 2. The second-order valence-electron chi connectivity index (χ2n) is 8.69. The van der Waals surface area contributed by atoms with E-state index < -0.39 is 6.04 Å². The van der Waals surface area contributed by atoms with Gasteiger partial charge >= 0.3 is 0 Å². The molecule has 0 aliphatic carbocycles. The fraction of sp³-hybridized carbons (Fsp3) is 0.179. The lowest BCUT2D eigenvalue weighted by molar-refractivity contribution is -0.113. The van der Waals surface area contributed by atoms with Gasteiger partial charge in [0.25, 0.3) is 5.91 Å². The van der Waals surface area contributed by atoms with Gasteiger partial charge in [0.2, 0.25) is 5.95 Å². The first-order chi connectivity index (χ1) is 18.9. The van der Waals surface area contributed by atoms with Gasteiger partial charge in [0, 0.05) is 28.4 Å². The van der Waals surface area contributed by atoms with Crippen molar-refractivity contribution in [3.8, 4) is 17.2 Å². The lowest BCUT2D eigenvalue weighted by Crippen LogP contribution is -2.31. The Bertz CT molecular complexity index is 1570. The van der Waals surface area contributed by atoms with Gasteiger partial charge in [-0.05, 0) is 30.7 Å². The number of ether oxygens (including phenoxy) is 3. The fourth-order valence-corrected chi connectivity index (χ4v) is 4.81. The van der Waals surface area contributed by atoms with E-state index in [9.17, 15) is 4.79 Å². The molecule has 2 N–H and O–H groups in total. The first-order valence-corrected chi connectivity index (χ1v) is 12.7. The molecule has 0 saturated heterocycles. The highest BCUT2D eigenvalue weighted by Crippen LogP contribution is 2.39. The number of rotatable bonds is 8. The van der Waals surface area contributed by atoms with Crippen molar-refractivity contribution in [3.63, 3.8) is 0 Å². The molecule has 1 aliphatic rings. The zero-order valence-corrected chi connectivity index (χ0v) is 22.9. The van der Waals surface area contributed by atoms with Crippen LogP contribution in [-0.4, -0.2) is 34.9 Å². The van der Waals surface area contributed by atoms with Crippen molar-refractivity contribution in [2.75, 3.05) is 24.9 Å². The molecular formula is C28H25Cl2N5O4. The van der Waals surface area contributed by atoms with Crippen LogP contribution in [0.25, 0.3) is 0 Å². The van der Waals surface area contributed by atoms with Crippen LogP contribution < -0.4 is 24.8 Å². The summed E-state index contributed by atoms with van der Waals surface area (Å²) in [7, 11) is 3.00. The van der Waals surface area contributed by atoms with Crippen molar-refractivity contribution in [3.05, 3.63) is 99.4 Å². The third-order valence-corrected chi connectivity index (χ3v) is 6.95. The first-order valence-electron chi connectivity index (χ1n) is 12.0. The van der Waals surface area contributed by atoms with Crippen molar-refractivity contribution in [1.82, 2.24) is 14.8 Å². The van der Waals surface area contributed by atoms with E-state index in [2.05, 4.69) is 20.7 Å². The summed E-state index contributed by atoms with van der Waals surface area (Å²) in [5, 5.41) is 11.5. The van der Waals surface area contributed by atoms with Crippen molar-refractivity contribution in [2.45, 2.75) is 19.6 Å². The third kappa shape index (κ3) is 5.36. The maximum absolute atomic E-state index is 13.8. The summed E-state index contributed by atoms with van der Waals surface area (Å²) < 4.78 is 18.5. The monoisotopic (exact) mass is 565 g/mol. The number of anilines is 2. The third-order valence-electron chi connectivity index (χ3n) is 6.29. The maximum atomic E-state index is 13.8. The van der Waals surface area contributed by atoms with Gasteiger partial charge in [-0.3, -0.25) is 4.79 Å². The van der Waals surface area contributed by atoms with Crippen molar-refractivity contribution in [1.29, 1.82) is 0 Å². The van der Waals surface area contributed by atoms with Crippen LogP contribution in [0.4, 0.5) is 11.6 Å². The molecule has 0 spiro atoms. The molecule has 0 bridgehead atoms. The zero-order valence-electron chi connectivity index (χ0n) is 21.4. The number of hydrogen-bond acceptors (Lipinski definition) is 7. The van der Waals surface area contributed by atoms with E-state index in [1.807, 2.05) is 55.5 Å². The SMILES string of the molecule is COc1cc(NC(=O)C2=C(C)Nc3ncnn3[C@H]2c2cccc(OCc3ccccc3Cl)c2)c(OC)cc1Cl. The number of aromatic nitrogens is 3. The molecule has 3 aromatic carbocycles. The van der Waals surface area contributed by atoms with Crippen LogP contribution in [0.2, 0.25) is 10.0 Å². The Kier molecular flexibility index (Phi) is 7.63. The number of nitrogens with zero attached hydrogens (tertiary/aromatic N) is 3. The Morgan fingerprint density at radius 2 is 1.82 bits per heavy atom. The summed E-state index contributed by atoms with van der Waals surface area (Å²) in [4.78, 5) is 18.1. The minimum Gasteiger partial charge on any atom is -0.495 e. The van der Waals surface area contributed by atoms with Crippen LogP contribution in [0.5, 0.6) is 17.2 Å². The van der Waals surface area contributed by atoms with E-state index in [1.54, 1.807) is 16.8 Å². The summed E-state index contributed by atoms with van der Waals surface area (Å²) in [6.07, 6.45) is 1.44. The number of halogens is 2. The lowest BCUT2D eigenvalue weighted by Gasteiger charge is -2.29. The number of fused-ring (bicyclic) bond motifs is 1. The Hall–Kier alpha value is -4.21. The number of amides is 1. The van der Waals surface area contributed by atoms with Crippen LogP contribution in [-0.2, 0) is 11.4 Å². The van der Waals surface area contributed by atoms with Gasteiger partial charge in [-0.25, -0.2) is 4.68 Å². The van der Waals surface area contributed by atoms with Gasteiger partial charge in [-0.15, -0.1) is 0 Å². The lowest BCUT2D eigenvalue weighted by atomic mass is 9.94. The summed E-state index contributed by atoms with van der Waals surface area (Å²) in [6, 6.07) is 17.6. The number of nitrogens with one attached hydrogen (secondary N) is 2. The molecule has 0 radical (unpaired) electrons. The molecule has 0 saturated carbocycles. The van der Waals surface area contributed by atoms with Gasteiger partial charge in [-0.2, -0.15) is 10.1 Å². The molecule has 1 aliphatic heterocycles. The molecule has 2 heterocycles. The van der Waals surface area contributed by atoms with E-state index >= 15 is 0 Å². The van der Waals surface area contributed by atoms with Gasteiger partial charge < -0.3 is 24.8 Å². The van der Waals surface area contributed by atoms with Gasteiger partial charge in [0.15, 0.2) is 0 Å². The Morgan fingerprint density at radius 1 is 1.03 bits per heavy atom. The average molecular weight is 566 g/mol. The predicted molar refractivity (Wildman–Crippen MR) is 150 cm³/mol. The van der Waals surface area contributed by atoms with Crippen LogP contribution in [0.1, 0.15) is 24.1 Å². The van der Waals surface area contributed by atoms with E-state index in [1.165, 1.54) is 20.5 Å². The minimum atomic E-state index is -0.590. The minimum absolute atomic E-state index is 0.296. The molecule has 4 aromatic rings. The molecule has 1 aromatic heterocycles. The zero-order chi connectivity index (χ0) is 27.5. The van der Waals surface area contributed by atoms with Crippen LogP contribution >= 0.6 is 23.2 Å². The first kappa shape index (κ1) is 26.4. The number of benzene rings is 3. The second kappa shape index (κ2) is 11.3. The summed E-state index contributed by atoms with van der Waals surface area (Å²) in [5.74, 6) is 1.57. The van der Waals surface area contributed by atoms with Crippen LogP contribution in [0, 0.1) is 0 Å². The number of allylic oxidation sites excluding steroid dienone is 1. The highest BCUT2D eigenvalue weighted by molar-refractivity contribution is 6.32. The second-order valence-corrected chi connectivity index (χ2v) is 9.50. The molecule has 0 fully saturated rings. The number of methoxy groups -OCH3 is 2. The predicted octanol–water partition coefficient (Wildman–Crippen LogP) is 6.11. The van der Waals surface area contributed by atoms with Crippen LogP contribution in [0.15, 0.2) is 78.3 Å². The molecule has 0 unspecified atom stereocenters. The Labute approximate surface area is 235 Å². The fourth-order valence-electron chi connectivity index (χ4n) is 4.39. The number of carbonyl (C=O) groups excluding carboxylic acids is 1. The topological polar surface area (TPSA) is 99.5 Å². The van der Waals surface area contributed by atoms with Crippen molar-refractivity contribution in [2.24, 2.45) is 0 Å².